The number of nitrogens with zero attached hydrogens (tertiary/aromatic N) is 1. The van der Waals surface area contributed by atoms with Crippen LogP contribution in [0.5, 0.6) is 5.88 Å². The monoisotopic (exact) mass is 311 g/mol. The third-order valence-electron chi connectivity index (χ3n) is 1.57. The molecule has 18 heavy (non-hydrogen) atoms. The van der Waals surface area contributed by atoms with E-state index in [1.54, 1.807) is 0 Å². The fourth-order valence-corrected chi connectivity index (χ4v) is 1.40. The summed E-state index contributed by atoms with van der Waals surface area (Å²) in [6, 6.07) is 1.35. The standard InChI is InChI=1S/C9H8Cl3N3O3/c1-4(16)14-15-7(17)3-18-9-6(11)2-5(10)8(12)13-9/h2H,3H2,1H3,(H,14,16)(H,15,17). The highest BCUT2D eigenvalue weighted by molar-refractivity contribution is 6.42. The number of carbonyl (C=O) groups excluding carboxylic acids is 2. The second-order valence-corrected chi connectivity index (χ2v) is 4.24. The van der Waals surface area contributed by atoms with Crippen LogP contribution in [0.4, 0.5) is 0 Å². The Kier molecular flexibility index (Phi) is 5.46. The van der Waals surface area contributed by atoms with Crippen LogP contribution in [0.1, 0.15) is 6.92 Å². The molecule has 1 aromatic rings. The van der Waals surface area contributed by atoms with Gasteiger partial charge in [-0.1, -0.05) is 34.8 Å². The molecule has 2 N–H and O–H groups in total. The number of hydrogen-bond donors (Lipinski definition) is 2. The van der Waals surface area contributed by atoms with E-state index in [0.717, 1.165) is 0 Å². The Balaban J connectivity index is 2.56. The van der Waals surface area contributed by atoms with Gasteiger partial charge in [0.05, 0.1) is 5.02 Å². The summed E-state index contributed by atoms with van der Waals surface area (Å²) in [7, 11) is 0. The van der Waals surface area contributed by atoms with E-state index in [2.05, 4.69) is 15.8 Å². The average molecular weight is 313 g/mol. The van der Waals surface area contributed by atoms with Gasteiger partial charge >= 0.3 is 0 Å². The van der Waals surface area contributed by atoms with E-state index < -0.39 is 11.8 Å². The van der Waals surface area contributed by atoms with E-state index in [4.69, 9.17) is 39.5 Å². The molecule has 9 heteroatoms. The Hall–Kier alpha value is -1.24. The van der Waals surface area contributed by atoms with Crippen molar-refractivity contribution >= 4 is 46.6 Å². The quantitative estimate of drug-likeness (QED) is 0.656. The molecule has 6 nitrogen and oxygen atoms in total. The summed E-state index contributed by atoms with van der Waals surface area (Å²) in [6.07, 6.45) is 0. The minimum absolute atomic E-state index is 0.0123. The molecule has 0 aliphatic heterocycles. The third-order valence-corrected chi connectivity index (χ3v) is 2.52. The molecule has 0 spiro atoms. The summed E-state index contributed by atoms with van der Waals surface area (Å²) in [5, 5.41) is 0.312. The molecular formula is C9H8Cl3N3O3. The number of amides is 2. The lowest BCUT2D eigenvalue weighted by Crippen LogP contribution is -2.42. The number of aromatic nitrogens is 1. The second kappa shape index (κ2) is 6.63. The first-order chi connectivity index (χ1) is 8.40. The molecule has 1 rings (SSSR count). The lowest BCUT2D eigenvalue weighted by Gasteiger charge is -2.08. The van der Waals surface area contributed by atoms with Gasteiger partial charge in [0, 0.05) is 6.92 Å². The topological polar surface area (TPSA) is 80.3 Å². The molecule has 0 atom stereocenters. The van der Waals surface area contributed by atoms with E-state index in [1.807, 2.05) is 0 Å². The van der Waals surface area contributed by atoms with Crippen LogP contribution in [-0.2, 0) is 9.59 Å². The summed E-state index contributed by atoms with van der Waals surface area (Å²) in [5.74, 6) is -1.01. The molecule has 1 aromatic heterocycles. The number of halogens is 3. The molecule has 0 bridgehead atoms. The summed E-state index contributed by atoms with van der Waals surface area (Å²) in [6.45, 7) is 0.865. The van der Waals surface area contributed by atoms with Crippen molar-refractivity contribution in [2.24, 2.45) is 0 Å². The largest absolute Gasteiger partial charge is 0.466 e. The molecule has 2 amide bonds. The zero-order chi connectivity index (χ0) is 13.7. The third kappa shape index (κ3) is 4.56. The highest BCUT2D eigenvalue weighted by atomic mass is 35.5. The van der Waals surface area contributed by atoms with Crippen LogP contribution in [0.2, 0.25) is 15.2 Å². The average Bonchev–Trinajstić information content (AvgIpc) is 2.29. The number of rotatable bonds is 3. The van der Waals surface area contributed by atoms with Crippen LogP contribution in [0.25, 0.3) is 0 Å². The maximum absolute atomic E-state index is 11.2. The Labute approximate surface area is 118 Å². The molecule has 0 radical (unpaired) electrons. The van der Waals surface area contributed by atoms with Crippen molar-refractivity contribution in [3.63, 3.8) is 0 Å². The van der Waals surface area contributed by atoms with Gasteiger partial charge in [0.1, 0.15) is 5.02 Å². The molecule has 0 aromatic carbocycles. The SMILES string of the molecule is CC(=O)NNC(=O)COc1nc(Cl)c(Cl)cc1Cl. The Morgan fingerprint density at radius 2 is 1.94 bits per heavy atom. The second-order valence-electron chi connectivity index (χ2n) is 3.07. The number of hydrazine groups is 1. The van der Waals surface area contributed by atoms with Gasteiger partial charge in [-0.25, -0.2) is 0 Å². The first-order valence-corrected chi connectivity index (χ1v) is 5.73. The van der Waals surface area contributed by atoms with Gasteiger partial charge in [0.2, 0.25) is 11.8 Å². The predicted molar refractivity (Wildman–Crippen MR) is 66.7 cm³/mol. The highest BCUT2D eigenvalue weighted by Gasteiger charge is 2.11. The van der Waals surface area contributed by atoms with Crippen LogP contribution in [0.15, 0.2) is 6.07 Å². The van der Waals surface area contributed by atoms with Crippen LogP contribution in [0.3, 0.4) is 0 Å². The van der Waals surface area contributed by atoms with Crippen LogP contribution < -0.4 is 15.6 Å². The molecule has 1 heterocycles. The fraction of sp³-hybridized carbons (Fsp3) is 0.222. The van der Waals surface area contributed by atoms with E-state index in [1.165, 1.54) is 13.0 Å². The van der Waals surface area contributed by atoms with Crippen LogP contribution in [-0.4, -0.2) is 23.4 Å². The minimum atomic E-state index is -0.575. The van der Waals surface area contributed by atoms with E-state index >= 15 is 0 Å². The van der Waals surface area contributed by atoms with Gasteiger partial charge in [0.15, 0.2) is 11.8 Å². The molecular weight excluding hydrogens is 304 g/mol. The maximum atomic E-state index is 11.2. The first-order valence-electron chi connectivity index (χ1n) is 4.60. The molecule has 0 saturated carbocycles. The normalized spacial score (nSPS) is 9.78. The predicted octanol–water partition coefficient (Wildman–Crippen LogP) is 1.59. The van der Waals surface area contributed by atoms with Gasteiger partial charge in [-0.3, -0.25) is 20.4 Å². The Morgan fingerprint density at radius 3 is 2.56 bits per heavy atom. The van der Waals surface area contributed by atoms with Crippen LogP contribution in [0, 0.1) is 0 Å². The van der Waals surface area contributed by atoms with Crippen molar-refractivity contribution in [1.82, 2.24) is 15.8 Å². The Bertz CT molecular complexity index is 482. The fourth-order valence-electron chi connectivity index (χ4n) is 0.857. The number of pyridine rings is 1. The van der Waals surface area contributed by atoms with Crippen molar-refractivity contribution < 1.29 is 14.3 Å². The van der Waals surface area contributed by atoms with Crippen molar-refractivity contribution in [1.29, 1.82) is 0 Å². The molecule has 0 aliphatic rings. The molecule has 0 aliphatic carbocycles. The molecule has 0 unspecified atom stereocenters. The lowest BCUT2D eigenvalue weighted by atomic mass is 10.5. The zero-order valence-electron chi connectivity index (χ0n) is 9.09. The lowest BCUT2D eigenvalue weighted by molar-refractivity contribution is -0.129. The zero-order valence-corrected chi connectivity index (χ0v) is 11.4. The van der Waals surface area contributed by atoms with Crippen molar-refractivity contribution in [2.75, 3.05) is 6.61 Å². The van der Waals surface area contributed by atoms with Crippen molar-refractivity contribution in [3.05, 3.63) is 21.3 Å². The molecule has 98 valence electrons. The summed E-state index contributed by atoms with van der Waals surface area (Å²) < 4.78 is 5.02. The first kappa shape index (κ1) is 14.8. The number of ether oxygens (including phenoxy) is 1. The van der Waals surface area contributed by atoms with Gasteiger partial charge in [-0.2, -0.15) is 4.98 Å². The van der Waals surface area contributed by atoms with Crippen LogP contribution >= 0.6 is 34.8 Å². The number of hydrogen-bond acceptors (Lipinski definition) is 4. The van der Waals surface area contributed by atoms with Gasteiger partial charge in [0.25, 0.3) is 5.91 Å². The number of carbonyl (C=O) groups is 2. The smallest absolute Gasteiger partial charge is 0.276 e. The van der Waals surface area contributed by atoms with E-state index in [0.29, 0.717) is 0 Å². The van der Waals surface area contributed by atoms with Crippen molar-refractivity contribution in [2.45, 2.75) is 6.92 Å². The molecule has 0 saturated heterocycles. The molecule has 0 fully saturated rings. The summed E-state index contributed by atoms with van der Waals surface area (Å²) >= 11 is 17.1. The maximum Gasteiger partial charge on any atom is 0.276 e. The van der Waals surface area contributed by atoms with E-state index in [9.17, 15) is 9.59 Å². The number of nitrogens with one attached hydrogen (secondary N) is 2. The van der Waals surface area contributed by atoms with Gasteiger partial charge in [-0.15, -0.1) is 0 Å². The van der Waals surface area contributed by atoms with E-state index in [-0.39, 0.29) is 27.7 Å². The van der Waals surface area contributed by atoms with Crippen molar-refractivity contribution in [3.8, 4) is 5.88 Å². The Morgan fingerprint density at radius 1 is 1.28 bits per heavy atom. The summed E-state index contributed by atoms with van der Waals surface area (Å²) in [4.78, 5) is 25.5. The minimum Gasteiger partial charge on any atom is -0.466 e. The highest BCUT2D eigenvalue weighted by Crippen LogP contribution is 2.30. The van der Waals surface area contributed by atoms with Gasteiger partial charge in [-0.05, 0) is 6.07 Å². The summed E-state index contributed by atoms with van der Waals surface area (Å²) in [5.41, 5.74) is 4.20. The van der Waals surface area contributed by atoms with Gasteiger partial charge < -0.3 is 4.74 Å².